The smallest absolute Gasteiger partial charge is 0.221 e. The van der Waals surface area contributed by atoms with Crippen LogP contribution in [0.1, 0.15) is 17.7 Å². The van der Waals surface area contributed by atoms with Crippen LogP contribution in [-0.4, -0.2) is 42.1 Å². The van der Waals surface area contributed by atoms with Crippen molar-refractivity contribution >= 4 is 17.2 Å². The third kappa shape index (κ3) is 3.76. The molecule has 2 aromatic rings. The zero-order valence-electron chi connectivity index (χ0n) is 14.2. The molecule has 25 heavy (non-hydrogen) atoms. The fourth-order valence-corrected chi connectivity index (χ4v) is 4.69. The van der Waals surface area contributed by atoms with Crippen molar-refractivity contribution in [3.05, 3.63) is 52.5 Å². The Kier molecular flexibility index (Phi) is 4.83. The number of rotatable bonds is 6. The van der Waals surface area contributed by atoms with Crippen molar-refractivity contribution in [2.75, 3.05) is 26.3 Å². The summed E-state index contributed by atoms with van der Waals surface area (Å²) in [5.74, 6) is 0.547. The van der Waals surface area contributed by atoms with E-state index in [-0.39, 0.29) is 11.3 Å². The lowest BCUT2D eigenvalue weighted by atomic mass is 9.78. The zero-order valence-corrected chi connectivity index (χ0v) is 15.0. The quantitative estimate of drug-likeness (QED) is 0.862. The molecular weight excluding hydrogens is 334 g/mol. The molecule has 6 heteroatoms. The van der Waals surface area contributed by atoms with Gasteiger partial charge >= 0.3 is 0 Å². The number of carbonyl (C=O) groups excluding carboxylic acids is 1. The van der Waals surface area contributed by atoms with Gasteiger partial charge in [0.2, 0.25) is 5.91 Å². The van der Waals surface area contributed by atoms with Crippen LogP contribution in [0.5, 0.6) is 0 Å². The average molecular weight is 357 g/mol. The molecule has 4 rings (SSSR count). The van der Waals surface area contributed by atoms with Gasteiger partial charge in [-0.25, -0.2) is 0 Å². The third-order valence-electron chi connectivity index (χ3n) is 5.28. The number of amides is 1. The lowest BCUT2D eigenvalue weighted by Crippen LogP contribution is -2.37. The molecule has 2 aliphatic rings. The molecule has 4 heterocycles. The van der Waals surface area contributed by atoms with Crippen LogP contribution < -0.4 is 5.32 Å². The van der Waals surface area contributed by atoms with E-state index in [0.29, 0.717) is 25.5 Å². The normalized spacial score (nSPS) is 25.8. The number of pyridine rings is 1. The number of hydrogen-bond donors (Lipinski definition) is 1. The second kappa shape index (κ2) is 7.23. The first kappa shape index (κ1) is 16.7. The Morgan fingerprint density at radius 2 is 2.40 bits per heavy atom. The van der Waals surface area contributed by atoms with Gasteiger partial charge < -0.3 is 10.1 Å². The molecule has 5 nitrogen and oxygen atoms in total. The first-order valence-electron chi connectivity index (χ1n) is 8.71. The Bertz CT molecular complexity index is 707. The number of ether oxygens (including phenoxy) is 1. The molecule has 2 atom stereocenters. The van der Waals surface area contributed by atoms with Crippen LogP contribution in [0.4, 0.5) is 0 Å². The minimum Gasteiger partial charge on any atom is -0.380 e. The van der Waals surface area contributed by atoms with E-state index in [9.17, 15) is 4.79 Å². The molecule has 0 spiro atoms. The molecule has 1 N–H and O–H groups in total. The molecule has 0 aliphatic carbocycles. The summed E-state index contributed by atoms with van der Waals surface area (Å²) in [5.41, 5.74) is 2.21. The van der Waals surface area contributed by atoms with Gasteiger partial charge in [-0.2, -0.15) is 11.3 Å². The van der Waals surface area contributed by atoms with Crippen molar-refractivity contribution in [1.82, 2.24) is 15.2 Å². The summed E-state index contributed by atoms with van der Waals surface area (Å²) in [4.78, 5) is 19.3. The van der Waals surface area contributed by atoms with E-state index < -0.39 is 0 Å². The van der Waals surface area contributed by atoms with Gasteiger partial charge in [0.05, 0.1) is 25.5 Å². The lowest BCUT2D eigenvalue weighted by Gasteiger charge is -2.26. The second-order valence-electron chi connectivity index (χ2n) is 7.15. The zero-order chi connectivity index (χ0) is 17.1. The summed E-state index contributed by atoms with van der Waals surface area (Å²) in [5, 5.41) is 7.35. The fraction of sp³-hybridized carbons (Fsp3) is 0.474. The minimum absolute atomic E-state index is 0.0375. The van der Waals surface area contributed by atoms with Crippen molar-refractivity contribution in [3.8, 4) is 0 Å². The molecular formula is C19H23N3O2S. The molecule has 0 radical (unpaired) electrons. The van der Waals surface area contributed by atoms with Gasteiger partial charge in [-0.05, 0) is 34.5 Å². The Morgan fingerprint density at radius 3 is 3.20 bits per heavy atom. The summed E-state index contributed by atoms with van der Waals surface area (Å²) < 4.78 is 5.75. The standard InChI is InChI=1S/C19H23N3O2S/c23-18(21-8-17-3-1-2-5-20-17)7-19-13-22(9-15-4-6-25-12-15)10-16(19)11-24-14-19/h1-6,12,16H,7-11,13-14H2,(H,21,23)/t16-,19+/m0/s1. The maximum absolute atomic E-state index is 12.5. The van der Waals surface area contributed by atoms with Gasteiger partial charge in [0.15, 0.2) is 0 Å². The van der Waals surface area contributed by atoms with E-state index in [1.54, 1.807) is 17.5 Å². The van der Waals surface area contributed by atoms with Gasteiger partial charge in [-0.1, -0.05) is 6.07 Å². The number of fused-ring (bicyclic) bond motifs is 1. The van der Waals surface area contributed by atoms with Crippen molar-refractivity contribution < 1.29 is 9.53 Å². The van der Waals surface area contributed by atoms with E-state index in [1.807, 2.05) is 18.2 Å². The molecule has 1 amide bonds. The Morgan fingerprint density at radius 1 is 1.44 bits per heavy atom. The highest BCUT2D eigenvalue weighted by Crippen LogP contribution is 2.44. The van der Waals surface area contributed by atoms with Crippen LogP contribution in [0.25, 0.3) is 0 Å². The van der Waals surface area contributed by atoms with Crippen LogP contribution in [0.3, 0.4) is 0 Å². The Balaban J connectivity index is 1.35. The molecule has 2 aliphatic heterocycles. The first-order chi connectivity index (χ1) is 12.2. The number of nitrogens with one attached hydrogen (secondary N) is 1. The van der Waals surface area contributed by atoms with Crippen molar-refractivity contribution in [3.63, 3.8) is 0 Å². The molecule has 2 fully saturated rings. The number of aromatic nitrogens is 1. The summed E-state index contributed by atoms with van der Waals surface area (Å²) in [7, 11) is 0. The maximum Gasteiger partial charge on any atom is 0.221 e. The van der Waals surface area contributed by atoms with Crippen molar-refractivity contribution in [2.45, 2.75) is 19.5 Å². The summed E-state index contributed by atoms with van der Waals surface area (Å²) in [6, 6.07) is 7.93. The molecule has 0 unspecified atom stereocenters. The number of carbonyl (C=O) groups is 1. The van der Waals surface area contributed by atoms with Gasteiger partial charge in [0, 0.05) is 43.6 Å². The van der Waals surface area contributed by atoms with E-state index in [0.717, 1.165) is 31.9 Å². The van der Waals surface area contributed by atoms with E-state index in [4.69, 9.17) is 4.74 Å². The van der Waals surface area contributed by atoms with Crippen LogP contribution in [-0.2, 0) is 22.6 Å². The van der Waals surface area contributed by atoms with E-state index in [1.165, 1.54) is 5.56 Å². The molecule has 0 aromatic carbocycles. The highest BCUT2D eigenvalue weighted by Gasteiger charge is 2.51. The van der Waals surface area contributed by atoms with E-state index in [2.05, 4.69) is 32.0 Å². The molecule has 2 saturated heterocycles. The Labute approximate surface area is 152 Å². The monoisotopic (exact) mass is 357 g/mol. The highest BCUT2D eigenvalue weighted by molar-refractivity contribution is 7.07. The molecule has 2 aromatic heterocycles. The van der Waals surface area contributed by atoms with Gasteiger partial charge in [-0.15, -0.1) is 0 Å². The topological polar surface area (TPSA) is 54.5 Å². The van der Waals surface area contributed by atoms with Gasteiger partial charge in [0.1, 0.15) is 0 Å². The van der Waals surface area contributed by atoms with Crippen LogP contribution in [0.2, 0.25) is 0 Å². The Hall–Kier alpha value is -1.76. The fourth-order valence-electron chi connectivity index (χ4n) is 4.03. The number of hydrogen-bond acceptors (Lipinski definition) is 5. The second-order valence-corrected chi connectivity index (χ2v) is 7.93. The number of thiophene rings is 1. The SMILES string of the molecule is O=C(C[C@@]12COC[C@@H]1CN(Cc1ccsc1)C2)NCc1ccccn1. The van der Waals surface area contributed by atoms with Crippen LogP contribution in [0.15, 0.2) is 41.2 Å². The molecule has 0 saturated carbocycles. The molecule has 132 valence electrons. The number of likely N-dealkylation sites (tertiary alicyclic amines) is 1. The number of nitrogens with zero attached hydrogens (tertiary/aromatic N) is 2. The third-order valence-corrected chi connectivity index (χ3v) is 6.02. The van der Waals surface area contributed by atoms with Crippen molar-refractivity contribution in [2.24, 2.45) is 11.3 Å². The lowest BCUT2D eigenvalue weighted by molar-refractivity contribution is -0.123. The minimum atomic E-state index is -0.0375. The summed E-state index contributed by atoms with van der Waals surface area (Å²) in [6.07, 6.45) is 2.28. The average Bonchev–Trinajstić information content (AvgIpc) is 3.31. The molecule has 0 bridgehead atoms. The first-order valence-corrected chi connectivity index (χ1v) is 9.66. The predicted octanol–water partition coefficient (Wildman–Crippen LogP) is 2.30. The summed E-state index contributed by atoms with van der Waals surface area (Å²) >= 11 is 1.74. The maximum atomic E-state index is 12.5. The largest absolute Gasteiger partial charge is 0.380 e. The van der Waals surface area contributed by atoms with Crippen LogP contribution >= 0.6 is 11.3 Å². The van der Waals surface area contributed by atoms with Gasteiger partial charge in [-0.3, -0.25) is 14.7 Å². The van der Waals surface area contributed by atoms with Gasteiger partial charge in [0.25, 0.3) is 0 Å². The summed E-state index contributed by atoms with van der Waals surface area (Å²) in [6.45, 7) is 4.87. The predicted molar refractivity (Wildman–Crippen MR) is 97.0 cm³/mol. The van der Waals surface area contributed by atoms with Crippen molar-refractivity contribution in [1.29, 1.82) is 0 Å². The highest BCUT2D eigenvalue weighted by atomic mass is 32.1. The van der Waals surface area contributed by atoms with E-state index >= 15 is 0 Å². The van der Waals surface area contributed by atoms with Crippen LogP contribution in [0, 0.1) is 11.3 Å².